The number of hydrogen-bond donors (Lipinski definition) is 1. The van der Waals surface area contributed by atoms with Gasteiger partial charge in [-0.05, 0) is 32.4 Å². The molecule has 4 heteroatoms. The number of aryl methyl sites for hydroxylation is 1. The molecule has 2 aromatic rings. The van der Waals surface area contributed by atoms with Crippen LogP contribution < -0.4 is 5.32 Å². The third-order valence-electron chi connectivity index (χ3n) is 2.80. The van der Waals surface area contributed by atoms with Crippen LogP contribution in [-0.4, -0.2) is 14.5 Å². The monoisotopic (exact) mass is 230 g/mol. The quantitative estimate of drug-likeness (QED) is 0.878. The van der Waals surface area contributed by atoms with E-state index in [9.17, 15) is 0 Å². The SMILES string of the molecule is Cc1ccncc1NCc1cncn1C(C)C. The van der Waals surface area contributed by atoms with E-state index < -0.39 is 0 Å². The molecule has 0 saturated carbocycles. The second kappa shape index (κ2) is 4.99. The van der Waals surface area contributed by atoms with Gasteiger partial charge in [-0.3, -0.25) is 4.98 Å². The number of pyridine rings is 1. The van der Waals surface area contributed by atoms with Crippen LogP contribution in [-0.2, 0) is 6.54 Å². The molecular weight excluding hydrogens is 212 g/mol. The van der Waals surface area contributed by atoms with Gasteiger partial charge in [0.1, 0.15) is 0 Å². The summed E-state index contributed by atoms with van der Waals surface area (Å²) in [7, 11) is 0. The molecule has 90 valence electrons. The van der Waals surface area contributed by atoms with Crippen molar-refractivity contribution in [2.45, 2.75) is 33.4 Å². The lowest BCUT2D eigenvalue weighted by molar-refractivity contribution is 0.577. The fourth-order valence-electron chi connectivity index (χ4n) is 1.77. The molecule has 0 aliphatic rings. The van der Waals surface area contributed by atoms with Gasteiger partial charge in [-0.25, -0.2) is 4.98 Å². The number of rotatable bonds is 4. The molecule has 0 aliphatic heterocycles. The first-order chi connectivity index (χ1) is 8.18. The summed E-state index contributed by atoms with van der Waals surface area (Å²) in [5.41, 5.74) is 3.46. The number of hydrogen-bond acceptors (Lipinski definition) is 3. The predicted molar refractivity (Wildman–Crippen MR) is 68.9 cm³/mol. The zero-order valence-corrected chi connectivity index (χ0v) is 10.5. The van der Waals surface area contributed by atoms with Crippen LogP contribution in [0.3, 0.4) is 0 Å². The van der Waals surface area contributed by atoms with Crippen molar-refractivity contribution < 1.29 is 0 Å². The van der Waals surface area contributed by atoms with Gasteiger partial charge in [0.25, 0.3) is 0 Å². The molecule has 0 saturated heterocycles. The molecule has 2 rings (SSSR count). The number of imidazole rings is 1. The second-order valence-corrected chi connectivity index (χ2v) is 4.43. The van der Waals surface area contributed by atoms with Gasteiger partial charge < -0.3 is 9.88 Å². The summed E-state index contributed by atoms with van der Waals surface area (Å²) < 4.78 is 2.17. The smallest absolute Gasteiger partial charge is 0.0951 e. The molecule has 0 fully saturated rings. The molecule has 17 heavy (non-hydrogen) atoms. The largest absolute Gasteiger partial charge is 0.378 e. The van der Waals surface area contributed by atoms with Gasteiger partial charge in [0.15, 0.2) is 0 Å². The van der Waals surface area contributed by atoms with E-state index in [1.165, 1.54) is 11.3 Å². The molecule has 0 aliphatic carbocycles. The Hall–Kier alpha value is -1.84. The average molecular weight is 230 g/mol. The van der Waals surface area contributed by atoms with Crippen molar-refractivity contribution in [3.63, 3.8) is 0 Å². The summed E-state index contributed by atoms with van der Waals surface area (Å²) in [5.74, 6) is 0. The molecule has 2 heterocycles. The van der Waals surface area contributed by atoms with E-state index in [0.29, 0.717) is 6.04 Å². The van der Waals surface area contributed by atoms with Crippen molar-refractivity contribution in [2.75, 3.05) is 5.32 Å². The minimum absolute atomic E-state index is 0.435. The molecule has 0 atom stereocenters. The summed E-state index contributed by atoms with van der Waals surface area (Å²) >= 11 is 0. The van der Waals surface area contributed by atoms with Gasteiger partial charge >= 0.3 is 0 Å². The third kappa shape index (κ3) is 2.64. The maximum absolute atomic E-state index is 4.19. The highest BCUT2D eigenvalue weighted by atomic mass is 15.1. The van der Waals surface area contributed by atoms with Crippen molar-refractivity contribution in [1.82, 2.24) is 14.5 Å². The Kier molecular flexibility index (Phi) is 3.42. The first-order valence-corrected chi connectivity index (χ1v) is 5.83. The predicted octanol–water partition coefficient (Wildman–Crippen LogP) is 2.78. The molecule has 0 bridgehead atoms. The number of nitrogens with zero attached hydrogens (tertiary/aromatic N) is 3. The fourth-order valence-corrected chi connectivity index (χ4v) is 1.77. The molecule has 0 spiro atoms. The first kappa shape index (κ1) is 11.6. The number of nitrogens with one attached hydrogen (secondary N) is 1. The molecule has 4 nitrogen and oxygen atoms in total. The maximum Gasteiger partial charge on any atom is 0.0951 e. The van der Waals surface area contributed by atoms with Crippen LogP contribution >= 0.6 is 0 Å². The Bertz CT molecular complexity index is 488. The van der Waals surface area contributed by atoms with Gasteiger partial charge in [0.2, 0.25) is 0 Å². The van der Waals surface area contributed by atoms with E-state index in [1.807, 2.05) is 24.8 Å². The zero-order chi connectivity index (χ0) is 12.3. The molecule has 2 aromatic heterocycles. The van der Waals surface area contributed by atoms with Gasteiger partial charge in [0.05, 0.1) is 30.5 Å². The van der Waals surface area contributed by atoms with E-state index in [4.69, 9.17) is 0 Å². The Morgan fingerprint density at radius 2 is 2.12 bits per heavy atom. The summed E-state index contributed by atoms with van der Waals surface area (Å²) in [5, 5.41) is 3.39. The lowest BCUT2D eigenvalue weighted by atomic mass is 10.2. The summed E-state index contributed by atoms with van der Waals surface area (Å²) in [6.07, 6.45) is 7.43. The molecule has 0 aromatic carbocycles. The van der Waals surface area contributed by atoms with E-state index in [0.717, 1.165) is 12.2 Å². The van der Waals surface area contributed by atoms with Crippen molar-refractivity contribution in [3.05, 3.63) is 42.2 Å². The van der Waals surface area contributed by atoms with Gasteiger partial charge in [-0.1, -0.05) is 0 Å². The Balaban J connectivity index is 2.08. The average Bonchev–Trinajstić information content (AvgIpc) is 2.76. The normalized spacial score (nSPS) is 10.8. The minimum atomic E-state index is 0.435. The number of aromatic nitrogens is 3. The lowest BCUT2D eigenvalue weighted by Crippen LogP contribution is -2.09. The highest BCUT2D eigenvalue weighted by Crippen LogP contribution is 2.14. The van der Waals surface area contributed by atoms with Crippen LogP contribution in [0.15, 0.2) is 31.0 Å². The molecule has 1 N–H and O–H groups in total. The lowest BCUT2D eigenvalue weighted by Gasteiger charge is -2.13. The summed E-state index contributed by atoms with van der Waals surface area (Å²) in [4.78, 5) is 8.30. The highest BCUT2D eigenvalue weighted by Gasteiger charge is 2.05. The van der Waals surface area contributed by atoms with Gasteiger partial charge in [-0.15, -0.1) is 0 Å². The minimum Gasteiger partial charge on any atom is -0.378 e. The Labute approximate surface area is 102 Å². The highest BCUT2D eigenvalue weighted by molar-refractivity contribution is 5.47. The van der Waals surface area contributed by atoms with E-state index in [2.05, 4.69) is 40.6 Å². The van der Waals surface area contributed by atoms with Crippen LogP contribution in [0.2, 0.25) is 0 Å². The molecule has 0 unspecified atom stereocenters. The van der Waals surface area contributed by atoms with Gasteiger partial charge in [-0.2, -0.15) is 0 Å². The van der Waals surface area contributed by atoms with Crippen LogP contribution in [0.25, 0.3) is 0 Å². The Morgan fingerprint density at radius 1 is 1.29 bits per heavy atom. The van der Waals surface area contributed by atoms with Crippen molar-refractivity contribution in [2.24, 2.45) is 0 Å². The summed E-state index contributed by atoms with van der Waals surface area (Å²) in [6, 6.07) is 2.44. The van der Waals surface area contributed by atoms with Crippen LogP contribution in [0.4, 0.5) is 5.69 Å². The standard InChI is InChI=1S/C13H18N4/c1-10(2)17-9-15-6-12(17)7-16-13-8-14-5-4-11(13)3/h4-6,8-10,16H,7H2,1-3H3. The first-order valence-electron chi connectivity index (χ1n) is 5.83. The van der Waals surface area contributed by atoms with Crippen molar-refractivity contribution in [1.29, 1.82) is 0 Å². The molecule has 0 radical (unpaired) electrons. The van der Waals surface area contributed by atoms with Crippen LogP contribution in [0.5, 0.6) is 0 Å². The van der Waals surface area contributed by atoms with Gasteiger partial charge in [0, 0.05) is 18.4 Å². The van der Waals surface area contributed by atoms with E-state index in [1.54, 1.807) is 6.20 Å². The Morgan fingerprint density at radius 3 is 2.82 bits per heavy atom. The maximum atomic E-state index is 4.19. The van der Waals surface area contributed by atoms with E-state index >= 15 is 0 Å². The van der Waals surface area contributed by atoms with Crippen molar-refractivity contribution >= 4 is 5.69 Å². The topological polar surface area (TPSA) is 42.7 Å². The third-order valence-corrected chi connectivity index (χ3v) is 2.80. The van der Waals surface area contributed by atoms with Crippen LogP contribution in [0.1, 0.15) is 31.1 Å². The van der Waals surface area contributed by atoms with E-state index in [-0.39, 0.29) is 0 Å². The summed E-state index contributed by atoms with van der Waals surface area (Å²) in [6.45, 7) is 7.15. The van der Waals surface area contributed by atoms with Crippen LogP contribution in [0, 0.1) is 6.92 Å². The molecular formula is C13H18N4. The number of anilines is 1. The fraction of sp³-hybridized carbons (Fsp3) is 0.385. The zero-order valence-electron chi connectivity index (χ0n) is 10.5. The second-order valence-electron chi connectivity index (χ2n) is 4.43. The van der Waals surface area contributed by atoms with Crippen molar-refractivity contribution in [3.8, 4) is 0 Å². The molecule has 0 amide bonds.